The smallest absolute Gasteiger partial charge is 0.238 e. The summed E-state index contributed by atoms with van der Waals surface area (Å²) >= 11 is 11.7. The van der Waals surface area contributed by atoms with Gasteiger partial charge in [0.1, 0.15) is 10.9 Å². The van der Waals surface area contributed by atoms with E-state index in [4.69, 9.17) is 27.9 Å². The first-order valence-electron chi connectivity index (χ1n) is 10.6. The highest BCUT2D eigenvalue weighted by atomic mass is 35.5. The maximum absolute atomic E-state index is 13.2. The van der Waals surface area contributed by atoms with Crippen LogP contribution < -0.4 is 9.64 Å². The predicted octanol–water partition coefficient (Wildman–Crippen LogP) is 4.21. The number of aromatic nitrogens is 1. The number of carbonyl (C=O) groups excluding carboxylic acids is 3. The summed E-state index contributed by atoms with van der Waals surface area (Å²) in [6.07, 6.45) is 6.80. The number of amides is 2. The molecule has 2 heterocycles. The lowest BCUT2D eigenvalue weighted by Gasteiger charge is -2.37. The second kappa shape index (κ2) is 7.15. The number of Topliss-reactive ketones (excluding diaryl/α,β-unsaturated/α-hetero) is 1. The molecule has 6 atom stereocenters. The molecule has 32 heavy (non-hydrogen) atoms. The fourth-order valence-corrected chi connectivity index (χ4v) is 5.98. The Kier molecular flexibility index (Phi) is 4.46. The van der Waals surface area contributed by atoms with E-state index in [0.717, 1.165) is 6.42 Å². The molecule has 0 spiro atoms. The minimum atomic E-state index is -0.296. The molecule has 1 saturated heterocycles. The van der Waals surface area contributed by atoms with Gasteiger partial charge in [-0.05, 0) is 60.4 Å². The van der Waals surface area contributed by atoms with E-state index in [1.807, 2.05) is 0 Å². The van der Waals surface area contributed by atoms with Gasteiger partial charge in [0, 0.05) is 11.8 Å². The zero-order valence-corrected chi connectivity index (χ0v) is 18.3. The van der Waals surface area contributed by atoms with Crippen LogP contribution in [0.25, 0.3) is 0 Å². The van der Waals surface area contributed by atoms with Gasteiger partial charge in [-0.25, -0.2) is 4.98 Å². The van der Waals surface area contributed by atoms with Crippen LogP contribution in [0.5, 0.6) is 5.75 Å². The first-order chi connectivity index (χ1) is 15.4. The molecule has 1 aromatic heterocycles. The van der Waals surface area contributed by atoms with Gasteiger partial charge in [0.2, 0.25) is 17.6 Å². The van der Waals surface area contributed by atoms with Gasteiger partial charge in [0.05, 0.1) is 22.5 Å². The van der Waals surface area contributed by atoms with Gasteiger partial charge >= 0.3 is 0 Å². The number of hydrogen-bond acceptors (Lipinski definition) is 5. The average Bonchev–Trinajstić information content (AvgIpc) is 3.58. The summed E-state index contributed by atoms with van der Waals surface area (Å²) in [5.41, 5.74) is 0.836. The van der Waals surface area contributed by atoms with Crippen LogP contribution in [-0.2, 0) is 9.59 Å². The topological polar surface area (TPSA) is 76.6 Å². The van der Waals surface area contributed by atoms with Crippen LogP contribution in [0.1, 0.15) is 16.8 Å². The van der Waals surface area contributed by atoms with E-state index in [-0.39, 0.29) is 58.1 Å². The van der Waals surface area contributed by atoms with Gasteiger partial charge in [0.25, 0.3) is 0 Å². The van der Waals surface area contributed by atoms with Crippen molar-refractivity contribution in [3.05, 3.63) is 64.4 Å². The van der Waals surface area contributed by atoms with E-state index in [2.05, 4.69) is 17.1 Å². The van der Waals surface area contributed by atoms with Gasteiger partial charge in [-0.1, -0.05) is 35.4 Å². The second-order valence-electron chi connectivity index (χ2n) is 8.87. The molecule has 2 aromatic rings. The zero-order valence-electron chi connectivity index (χ0n) is 16.8. The van der Waals surface area contributed by atoms with E-state index < -0.39 is 0 Å². The first-order valence-corrected chi connectivity index (χ1v) is 11.3. The minimum Gasteiger partial charge on any atom is -0.485 e. The molecule has 8 heteroatoms. The lowest BCUT2D eigenvalue weighted by molar-refractivity contribution is -0.124. The fraction of sp³-hybridized carbons (Fsp3) is 0.333. The molecule has 4 aliphatic carbocycles. The van der Waals surface area contributed by atoms with Crippen LogP contribution in [-0.4, -0.2) is 29.2 Å². The lowest BCUT2D eigenvalue weighted by atomic mass is 9.63. The van der Waals surface area contributed by atoms with E-state index in [1.165, 1.54) is 17.2 Å². The van der Waals surface area contributed by atoms with E-state index in [1.54, 1.807) is 24.3 Å². The van der Waals surface area contributed by atoms with Gasteiger partial charge < -0.3 is 4.74 Å². The summed E-state index contributed by atoms with van der Waals surface area (Å²) in [6.45, 7) is -0.206. The average molecular weight is 469 g/mol. The number of carbonyl (C=O) groups is 3. The monoisotopic (exact) mass is 468 g/mol. The molecule has 5 aliphatic rings. The molecule has 6 nitrogen and oxygen atoms in total. The number of benzene rings is 1. The summed E-state index contributed by atoms with van der Waals surface area (Å²) in [7, 11) is 0. The van der Waals surface area contributed by atoms with Crippen molar-refractivity contribution in [2.24, 2.45) is 35.5 Å². The molecular formula is C24H18Cl2N2O4. The first kappa shape index (κ1) is 19.9. The molecule has 2 bridgehead atoms. The largest absolute Gasteiger partial charge is 0.485 e. The number of allylic oxidation sites excluding steroid dienone is 2. The van der Waals surface area contributed by atoms with Crippen molar-refractivity contribution >= 4 is 46.5 Å². The third-order valence-electron chi connectivity index (χ3n) is 7.25. The summed E-state index contributed by atoms with van der Waals surface area (Å²) in [4.78, 5) is 43.9. The molecule has 1 aliphatic heterocycles. The van der Waals surface area contributed by atoms with Crippen molar-refractivity contribution in [3.8, 4) is 5.75 Å². The molecule has 2 amide bonds. The Labute approximate surface area is 194 Å². The molecule has 7 rings (SSSR count). The van der Waals surface area contributed by atoms with Gasteiger partial charge in [-0.2, -0.15) is 0 Å². The predicted molar refractivity (Wildman–Crippen MR) is 118 cm³/mol. The molecule has 0 radical (unpaired) electrons. The molecule has 1 aromatic carbocycles. The number of hydrogen-bond donors (Lipinski definition) is 0. The normalized spacial score (nSPS) is 31.5. The number of pyridine rings is 1. The Morgan fingerprint density at radius 1 is 1.03 bits per heavy atom. The van der Waals surface area contributed by atoms with Crippen molar-refractivity contribution in [1.82, 2.24) is 4.98 Å². The highest BCUT2D eigenvalue weighted by Gasteiger charge is 2.67. The van der Waals surface area contributed by atoms with Gasteiger partial charge in [0.15, 0.2) is 6.61 Å². The van der Waals surface area contributed by atoms with Crippen LogP contribution in [0, 0.1) is 35.5 Å². The highest BCUT2D eigenvalue weighted by Crippen LogP contribution is 2.65. The van der Waals surface area contributed by atoms with Crippen molar-refractivity contribution in [3.63, 3.8) is 0 Å². The van der Waals surface area contributed by atoms with Crippen molar-refractivity contribution < 1.29 is 19.1 Å². The van der Waals surface area contributed by atoms with Gasteiger partial charge in [-0.3, -0.25) is 19.3 Å². The maximum Gasteiger partial charge on any atom is 0.238 e. The van der Waals surface area contributed by atoms with E-state index >= 15 is 0 Å². The molecule has 0 N–H and O–H groups in total. The van der Waals surface area contributed by atoms with Crippen LogP contribution in [0.2, 0.25) is 10.2 Å². The third-order valence-corrected chi connectivity index (χ3v) is 7.93. The Balaban J connectivity index is 1.15. The number of halogens is 2. The Hall–Kier alpha value is -2.70. The Morgan fingerprint density at radius 2 is 1.66 bits per heavy atom. The quantitative estimate of drug-likeness (QED) is 0.284. The third kappa shape index (κ3) is 2.93. The molecule has 0 unspecified atom stereocenters. The lowest BCUT2D eigenvalue weighted by Crippen LogP contribution is -2.40. The number of anilines is 1. The fourth-order valence-electron chi connectivity index (χ4n) is 5.71. The maximum atomic E-state index is 13.2. The Bertz CT molecular complexity index is 1160. The van der Waals surface area contributed by atoms with Crippen LogP contribution in [0.15, 0.2) is 48.7 Å². The SMILES string of the molecule is O=C(COc1ccc(N2C(=O)[C@@H]3[C@@H]4C=C[C@@H]([C@H]5C[C@@H]45)[C@@H]3C2=O)cc1)c1cnc(Cl)c(Cl)c1. The van der Waals surface area contributed by atoms with Gasteiger partial charge in [-0.15, -0.1) is 0 Å². The number of rotatable bonds is 5. The molecular weight excluding hydrogens is 451 g/mol. The number of ketones is 1. The molecule has 3 fully saturated rings. The standard InChI is InChI=1S/C24H18Cl2N2O4/c25-18-7-11(9-27-22(18)26)19(29)10-32-13-3-1-12(2-4-13)28-23(30)20-14-5-6-15(17-8-16(14)17)21(20)24(28)31/h1-7,9,14-17,20-21H,8,10H2/t14-,15+,16+,17-,20-,21+. The number of nitrogens with zero attached hydrogens (tertiary/aromatic N) is 2. The summed E-state index contributed by atoms with van der Waals surface area (Å²) < 4.78 is 5.57. The molecule has 2 saturated carbocycles. The van der Waals surface area contributed by atoms with Crippen LogP contribution in [0.4, 0.5) is 5.69 Å². The minimum absolute atomic E-state index is 0.0966. The number of imide groups is 1. The van der Waals surface area contributed by atoms with E-state index in [9.17, 15) is 14.4 Å². The second-order valence-corrected chi connectivity index (χ2v) is 9.63. The van der Waals surface area contributed by atoms with Crippen LogP contribution in [0.3, 0.4) is 0 Å². The highest BCUT2D eigenvalue weighted by molar-refractivity contribution is 6.41. The van der Waals surface area contributed by atoms with Crippen molar-refractivity contribution in [2.45, 2.75) is 6.42 Å². The van der Waals surface area contributed by atoms with Crippen molar-refractivity contribution in [1.29, 1.82) is 0 Å². The summed E-state index contributed by atoms with van der Waals surface area (Å²) in [5.74, 6) is 1.04. The Morgan fingerprint density at radius 3 is 2.25 bits per heavy atom. The number of ether oxygens (including phenoxy) is 1. The van der Waals surface area contributed by atoms with Crippen molar-refractivity contribution in [2.75, 3.05) is 11.5 Å². The van der Waals surface area contributed by atoms with Crippen LogP contribution >= 0.6 is 23.2 Å². The zero-order chi connectivity index (χ0) is 22.1. The summed E-state index contributed by atoms with van der Waals surface area (Å²) in [5, 5.41) is 0.328. The summed E-state index contributed by atoms with van der Waals surface area (Å²) in [6, 6.07) is 8.13. The van der Waals surface area contributed by atoms with E-state index in [0.29, 0.717) is 28.8 Å². The molecule has 162 valence electrons.